The van der Waals surface area contributed by atoms with E-state index < -0.39 is 34.9 Å². The molecular weight excluding hydrogens is 352 g/mol. The molecule has 0 saturated carbocycles. The van der Waals surface area contributed by atoms with Crippen molar-refractivity contribution in [1.29, 1.82) is 0 Å². The quantitative estimate of drug-likeness (QED) is 0.760. The Balaban J connectivity index is 1.93. The number of ether oxygens (including phenoxy) is 3. The Morgan fingerprint density at radius 2 is 1.89 bits per heavy atom. The van der Waals surface area contributed by atoms with Crippen LogP contribution in [0.2, 0.25) is 0 Å². The van der Waals surface area contributed by atoms with Crippen LogP contribution >= 0.6 is 0 Å². The molecule has 0 aromatic heterocycles. The van der Waals surface area contributed by atoms with Crippen molar-refractivity contribution >= 4 is 11.6 Å². The minimum Gasteiger partial charge on any atom is -0.507 e. The van der Waals surface area contributed by atoms with E-state index in [2.05, 4.69) is 13.8 Å². The van der Waals surface area contributed by atoms with Crippen LogP contribution in [0, 0.1) is 17.8 Å². The number of phenols is 2. The van der Waals surface area contributed by atoms with Crippen molar-refractivity contribution in [2.75, 3.05) is 20.3 Å². The molecule has 2 N–H and O–H groups in total. The lowest BCUT2D eigenvalue weighted by Crippen LogP contribution is -2.51. The van der Waals surface area contributed by atoms with Gasteiger partial charge in [0.25, 0.3) is 0 Å². The average Bonchev–Trinajstić information content (AvgIpc) is 2.60. The molecule has 1 aliphatic carbocycles. The number of methoxy groups -OCH3 is 1. The van der Waals surface area contributed by atoms with Gasteiger partial charge in [0.2, 0.25) is 0 Å². The van der Waals surface area contributed by atoms with Crippen molar-refractivity contribution < 1.29 is 34.0 Å². The van der Waals surface area contributed by atoms with Gasteiger partial charge in [-0.3, -0.25) is 9.59 Å². The molecule has 3 rings (SSSR count). The van der Waals surface area contributed by atoms with Crippen molar-refractivity contribution in [3.8, 4) is 17.2 Å². The van der Waals surface area contributed by atoms with Crippen LogP contribution in [-0.4, -0.2) is 47.9 Å². The molecular formula is C20H26O7. The number of hydrogen-bond acceptors (Lipinski definition) is 7. The minimum absolute atomic E-state index is 0.0269. The number of ketones is 2. The van der Waals surface area contributed by atoms with Gasteiger partial charge in [-0.1, -0.05) is 13.8 Å². The fraction of sp³-hybridized carbons (Fsp3) is 0.600. The molecule has 0 bridgehead atoms. The highest BCUT2D eigenvalue weighted by Gasteiger charge is 2.51. The molecule has 7 nitrogen and oxygen atoms in total. The first-order valence-electron chi connectivity index (χ1n) is 9.17. The minimum atomic E-state index is -0.972. The van der Waals surface area contributed by atoms with Gasteiger partial charge in [-0.25, -0.2) is 0 Å². The maximum Gasteiger partial charge on any atom is 0.173 e. The molecule has 3 unspecified atom stereocenters. The standard InChI is InChI=1S/C20H26O7/c1-10(2)5-6-26-20(3)8-11-12(9-27-20)18(23)15-13(21)7-14(25-4)19(24)16(15)17(11)22/h7,10-12,21,24H,5-6,8-9H2,1-4H3. The molecule has 0 spiro atoms. The Morgan fingerprint density at radius 3 is 2.52 bits per heavy atom. The monoisotopic (exact) mass is 378 g/mol. The number of benzene rings is 1. The Kier molecular flexibility index (Phi) is 5.18. The highest BCUT2D eigenvalue weighted by Crippen LogP contribution is 2.48. The second-order valence-corrected chi connectivity index (χ2v) is 7.82. The fourth-order valence-corrected chi connectivity index (χ4v) is 3.78. The van der Waals surface area contributed by atoms with Gasteiger partial charge in [-0.05, 0) is 19.3 Å². The van der Waals surface area contributed by atoms with Crippen LogP contribution in [0.4, 0.5) is 0 Å². The number of phenolic OH excluding ortho intramolecular Hbond substituents is 2. The SMILES string of the molecule is COc1cc(O)c2c(c1O)C(=O)C1CC(C)(OCCC(C)C)OCC1C2=O. The summed E-state index contributed by atoms with van der Waals surface area (Å²) in [6, 6.07) is 1.14. The Hall–Kier alpha value is -2.12. The number of hydrogen-bond donors (Lipinski definition) is 2. The molecule has 7 heteroatoms. The predicted octanol–water partition coefficient (Wildman–Crippen LogP) is 2.92. The van der Waals surface area contributed by atoms with Crippen molar-refractivity contribution in [2.24, 2.45) is 17.8 Å². The molecule has 1 aliphatic heterocycles. The Morgan fingerprint density at radius 1 is 1.22 bits per heavy atom. The van der Waals surface area contributed by atoms with Crippen LogP contribution in [0.3, 0.4) is 0 Å². The molecule has 27 heavy (non-hydrogen) atoms. The summed E-state index contributed by atoms with van der Waals surface area (Å²) in [4.78, 5) is 26.0. The van der Waals surface area contributed by atoms with Gasteiger partial charge >= 0.3 is 0 Å². The van der Waals surface area contributed by atoms with Crippen LogP contribution in [0.25, 0.3) is 0 Å². The summed E-state index contributed by atoms with van der Waals surface area (Å²) >= 11 is 0. The zero-order chi connectivity index (χ0) is 19.9. The van der Waals surface area contributed by atoms with Crippen LogP contribution < -0.4 is 4.74 Å². The normalized spacial score (nSPS) is 27.4. The molecule has 3 atom stereocenters. The smallest absolute Gasteiger partial charge is 0.173 e. The number of carbonyl (C=O) groups is 2. The summed E-state index contributed by atoms with van der Waals surface area (Å²) in [6.07, 6.45) is 1.06. The van der Waals surface area contributed by atoms with Crippen LogP contribution in [-0.2, 0) is 9.47 Å². The third-order valence-corrected chi connectivity index (χ3v) is 5.38. The molecule has 1 heterocycles. The topological polar surface area (TPSA) is 102 Å². The van der Waals surface area contributed by atoms with Crippen molar-refractivity contribution in [3.63, 3.8) is 0 Å². The highest BCUT2D eigenvalue weighted by atomic mass is 16.7. The van der Waals surface area contributed by atoms with Gasteiger partial charge < -0.3 is 24.4 Å². The van der Waals surface area contributed by atoms with Gasteiger partial charge in [-0.2, -0.15) is 0 Å². The third kappa shape index (κ3) is 3.41. The lowest BCUT2D eigenvalue weighted by atomic mass is 9.70. The second-order valence-electron chi connectivity index (χ2n) is 7.82. The Bertz CT molecular complexity index is 770. The van der Waals surface area contributed by atoms with Crippen molar-refractivity contribution in [3.05, 3.63) is 17.2 Å². The maximum absolute atomic E-state index is 13.1. The average molecular weight is 378 g/mol. The summed E-state index contributed by atoms with van der Waals surface area (Å²) in [5.74, 6) is -3.53. The highest BCUT2D eigenvalue weighted by molar-refractivity contribution is 6.19. The number of aromatic hydroxyl groups is 2. The largest absolute Gasteiger partial charge is 0.507 e. The van der Waals surface area contributed by atoms with E-state index in [1.165, 1.54) is 7.11 Å². The first-order valence-corrected chi connectivity index (χ1v) is 9.17. The fourth-order valence-electron chi connectivity index (χ4n) is 3.78. The Labute approximate surface area is 158 Å². The molecule has 1 saturated heterocycles. The van der Waals surface area contributed by atoms with E-state index >= 15 is 0 Å². The van der Waals surface area contributed by atoms with E-state index in [4.69, 9.17) is 14.2 Å². The summed E-state index contributed by atoms with van der Waals surface area (Å²) < 4.78 is 16.7. The van der Waals surface area contributed by atoms with Gasteiger partial charge in [0.05, 0.1) is 37.4 Å². The summed E-state index contributed by atoms with van der Waals surface area (Å²) in [5.41, 5.74) is -0.336. The van der Waals surface area contributed by atoms with Crippen molar-refractivity contribution in [1.82, 2.24) is 0 Å². The van der Waals surface area contributed by atoms with Crippen LogP contribution in [0.15, 0.2) is 6.07 Å². The zero-order valence-electron chi connectivity index (χ0n) is 16.1. The third-order valence-electron chi connectivity index (χ3n) is 5.38. The van der Waals surface area contributed by atoms with Crippen LogP contribution in [0.1, 0.15) is 54.3 Å². The molecule has 1 aromatic rings. The molecule has 2 aliphatic rings. The number of Topliss-reactive ketones (excluding diaryl/α,β-unsaturated/α-hetero) is 2. The van der Waals surface area contributed by atoms with E-state index in [9.17, 15) is 19.8 Å². The van der Waals surface area contributed by atoms with Gasteiger partial charge in [0, 0.05) is 18.4 Å². The van der Waals surface area contributed by atoms with E-state index in [-0.39, 0.29) is 35.7 Å². The lowest BCUT2D eigenvalue weighted by Gasteiger charge is -2.43. The first-order chi connectivity index (χ1) is 12.7. The van der Waals surface area contributed by atoms with Gasteiger partial charge in [0.1, 0.15) is 5.75 Å². The molecule has 0 radical (unpaired) electrons. The second kappa shape index (κ2) is 7.13. The molecule has 1 aromatic carbocycles. The summed E-state index contributed by atoms with van der Waals surface area (Å²) in [5, 5.41) is 20.6. The first kappa shape index (κ1) is 19.6. The van der Waals surface area contributed by atoms with E-state index in [1.54, 1.807) is 6.92 Å². The zero-order valence-corrected chi connectivity index (χ0v) is 16.1. The molecule has 0 amide bonds. The van der Waals surface area contributed by atoms with E-state index in [0.29, 0.717) is 12.5 Å². The maximum atomic E-state index is 13.1. The molecule has 148 valence electrons. The summed E-state index contributed by atoms with van der Waals surface area (Å²) in [6.45, 7) is 6.46. The van der Waals surface area contributed by atoms with Gasteiger partial charge in [-0.15, -0.1) is 0 Å². The number of rotatable bonds is 5. The predicted molar refractivity (Wildman–Crippen MR) is 96.3 cm³/mol. The number of carbonyl (C=O) groups excluding carboxylic acids is 2. The lowest BCUT2D eigenvalue weighted by molar-refractivity contribution is -0.258. The molecule has 1 fully saturated rings. The number of fused-ring (bicyclic) bond motifs is 2. The summed E-state index contributed by atoms with van der Waals surface area (Å²) in [7, 11) is 1.31. The van der Waals surface area contributed by atoms with Gasteiger partial charge in [0.15, 0.2) is 28.9 Å². The van der Waals surface area contributed by atoms with Crippen molar-refractivity contribution in [2.45, 2.75) is 39.4 Å². The van der Waals surface area contributed by atoms with E-state index in [0.717, 1.165) is 12.5 Å². The van der Waals surface area contributed by atoms with E-state index in [1.807, 2.05) is 0 Å². The van der Waals surface area contributed by atoms with Crippen LogP contribution in [0.5, 0.6) is 17.2 Å².